The molecular formula is C13H24INO. The predicted molar refractivity (Wildman–Crippen MR) is 76.9 cm³/mol. The Labute approximate surface area is 113 Å². The van der Waals surface area contributed by atoms with Gasteiger partial charge in [-0.1, -0.05) is 54.7 Å². The van der Waals surface area contributed by atoms with Gasteiger partial charge >= 0.3 is 0 Å². The van der Waals surface area contributed by atoms with Crippen LogP contribution in [0.5, 0.6) is 0 Å². The van der Waals surface area contributed by atoms with Crippen molar-refractivity contribution in [3.8, 4) is 0 Å². The van der Waals surface area contributed by atoms with Crippen LogP contribution in [0.1, 0.15) is 57.8 Å². The molecule has 1 fully saturated rings. The number of amides is 1. The Balaban J connectivity index is 1.90. The summed E-state index contributed by atoms with van der Waals surface area (Å²) in [6, 6.07) is 0. The molecule has 0 aliphatic heterocycles. The molecule has 0 spiro atoms. The molecule has 0 atom stereocenters. The van der Waals surface area contributed by atoms with Gasteiger partial charge in [0.2, 0.25) is 5.91 Å². The van der Waals surface area contributed by atoms with Crippen molar-refractivity contribution in [3.05, 3.63) is 0 Å². The first-order valence-electron chi connectivity index (χ1n) is 6.65. The van der Waals surface area contributed by atoms with E-state index in [9.17, 15) is 4.79 Å². The highest BCUT2D eigenvalue weighted by molar-refractivity contribution is 14.1. The van der Waals surface area contributed by atoms with Gasteiger partial charge in [-0.25, -0.2) is 0 Å². The Morgan fingerprint density at radius 3 is 2.62 bits per heavy atom. The SMILES string of the molecule is O=C(CCC1CCCC1)NCCCCCI. The second kappa shape index (κ2) is 9.25. The van der Waals surface area contributed by atoms with E-state index in [-0.39, 0.29) is 5.91 Å². The monoisotopic (exact) mass is 337 g/mol. The third-order valence-corrected chi connectivity index (χ3v) is 4.15. The number of alkyl halides is 1. The molecule has 3 heteroatoms. The minimum atomic E-state index is 0.265. The molecule has 0 radical (unpaired) electrons. The zero-order valence-electron chi connectivity index (χ0n) is 10.1. The third-order valence-electron chi connectivity index (χ3n) is 3.39. The van der Waals surface area contributed by atoms with Crippen molar-refractivity contribution in [3.63, 3.8) is 0 Å². The van der Waals surface area contributed by atoms with E-state index in [1.807, 2.05) is 0 Å². The standard InChI is InChI=1S/C13H24INO/c14-10-4-1-5-11-15-13(16)9-8-12-6-2-3-7-12/h12H,1-11H2,(H,15,16). The van der Waals surface area contributed by atoms with Crippen LogP contribution in [0.3, 0.4) is 0 Å². The molecule has 0 unspecified atom stereocenters. The van der Waals surface area contributed by atoms with Gasteiger partial charge in [0.05, 0.1) is 0 Å². The number of halogens is 1. The van der Waals surface area contributed by atoms with E-state index < -0.39 is 0 Å². The van der Waals surface area contributed by atoms with Crippen LogP contribution in [-0.4, -0.2) is 16.9 Å². The molecule has 2 nitrogen and oxygen atoms in total. The Morgan fingerprint density at radius 1 is 1.19 bits per heavy atom. The van der Waals surface area contributed by atoms with Crippen molar-refractivity contribution < 1.29 is 4.79 Å². The molecule has 0 bridgehead atoms. The summed E-state index contributed by atoms with van der Waals surface area (Å²) in [7, 11) is 0. The number of carbonyl (C=O) groups excluding carboxylic acids is 1. The van der Waals surface area contributed by atoms with E-state index in [0.29, 0.717) is 0 Å². The highest BCUT2D eigenvalue weighted by Gasteiger charge is 2.15. The second-order valence-corrected chi connectivity index (χ2v) is 5.87. The van der Waals surface area contributed by atoms with Crippen molar-refractivity contribution in [1.82, 2.24) is 5.32 Å². The van der Waals surface area contributed by atoms with Gasteiger partial charge in [-0.05, 0) is 29.6 Å². The maximum absolute atomic E-state index is 11.5. The summed E-state index contributed by atoms with van der Waals surface area (Å²) in [5.74, 6) is 1.10. The average molecular weight is 337 g/mol. The van der Waals surface area contributed by atoms with Gasteiger partial charge in [-0.3, -0.25) is 4.79 Å². The zero-order chi connectivity index (χ0) is 11.6. The fourth-order valence-corrected chi connectivity index (χ4v) is 2.89. The lowest BCUT2D eigenvalue weighted by Crippen LogP contribution is -2.24. The number of carbonyl (C=O) groups is 1. The first-order chi connectivity index (χ1) is 7.83. The normalized spacial score (nSPS) is 16.6. The van der Waals surface area contributed by atoms with E-state index in [1.165, 1.54) is 43.0 Å². The van der Waals surface area contributed by atoms with Gasteiger partial charge in [-0.2, -0.15) is 0 Å². The molecule has 1 rings (SSSR count). The number of unbranched alkanes of at least 4 members (excludes halogenated alkanes) is 2. The average Bonchev–Trinajstić information content (AvgIpc) is 2.79. The van der Waals surface area contributed by atoms with Gasteiger partial charge in [0.25, 0.3) is 0 Å². The molecule has 94 valence electrons. The Kier molecular flexibility index (Phi) is 8.25. The molecule has 0 aromatic rings. The number of hydrogen-bond acceptors (Lipinski definition) is 1. The first-order valence-corrected chi connectivity index (χ1v) is 8.18. The van der Waals surface area contributed by atoms with Crippen LogP contribution in [0.2, 0.25) is 0 Å². The minimum Gasteiger partial charge on any atom is -0.356 e. The Hall–Kier alpha value is 0.200. The highest BCUT2D eigenvalue weighted by Crippen LogP contribution is 2.28. The minimum absolute atomic E-state index is 0.265. The van der Waals surface area contributed by atoms with Gasteiger partial charge in [0.15, 0.2) is 0 Å². The van der Waals surface area contributed by atoms with Gasteiger partial charge in [0.1, 0.15) is 0 Å². The summed E-state index contributed by atoms with van der Waals surface area (Å²) >= 11 is 2.40. The van der Waals surface area contributed by atoms with Gasteiger partial charge < -0.3 is 5.32 Å². The van der Waals surface area contributed by atoms with Crippen LogP contribution in [0, 0.1) is 5.92 Å². The van der Waals surface area contributed by atoms with Crippen molar-refractivity contribution in [2.24, 2.45) is 5.92 Å². The lowest BCUT2D eigenvalue weighted by molar-refractivity contribution is -0.121. The molecule has 0 heterocycles. The first kappa shape index (κ1) is 14.3. The molecule has 1 saturated carbocycles. The van der Waals surface area contributed by atoms with E-state index in [2.05, 4.69) is 27.9 Å². The van der Waals surface area contributed by atoms with Crippen molar-refractivity contribution in [2.75, 3.05) is 11.0 Å². The van der Waals surface area contributed by atoms with E-state index in [4.69, 9.17) is 0 Å². The number of nitrogens with one attached hydrogen (secondary N) is 1. The van der Waals surface area contributed by atoms with Crippen LogP contribution >= 0.6 is 22.6 Å². The van der Waals surface area contributed by atoms with E-state index in [0.717, 1.165) is 31.7 Å². The third kappa shape index (κ3) is 6.71. The lowest BCUT2D eigenvalue weighted by Gasteiger charge is -2.08. The summed E-state index contributed by atoms with van der Waals surface area (Å²) in [6.45, 7) is 0.875. The molecule has 1 aliphatic carbocycles. The molecule has 1 aliphatic rings. The molecule has 1 N–H and O–H groups in total. The Morgan fingerprint density at radius 2 is 1.94 bits per heavy atom. The molecule has 0 aromatic carbocycles. The van der Waals surface area contributed by atoms with Crippen molar-refractivity contribution in [1.29, 1.82) is 0 Å². The topological polar surface area (TPSA) is 29.1 Å². The molecule has 16 heavy (non-hydrogen) atoms. The van der Waals surface area contributed by atoms with Gasteiger partial charge in [-0.15, -0.1) is 0 Å². The largest absolute Gasteiger partial charge is 0.356 e. The number of hydrogen-bond donors (Lipinski definition) is 1. The van der Waals surface area contributed by atoms with Crippen molar-refractivity contribution >= 4 is 28.5 Å². The zero-order valence-corrected chi connectivity index (χ0v) is 12.3. The van der Waals surface area contributed by atoms with E-state index >= 15 is 0 Å². The molecule has 0 saturated heterocycles. The maximum Gasteiger partial charge on any atom is 0.220 e. The number of rotatable bonds is 8. The van der Waals surface area contributed by atoms with Crippen LogP contribution in [0.25, 0.3) is 0 Å². The Bertz CT molecular complexity index is 190. The summed E-state index contributed by atoms with van der Waals surface area (Å²) < 4.78 is 1.23. The summed E-state index contributed by atoms with van der Waals surface area (Å²) in [4.78, 5) is 11.5. The smallest absolute Gasteiger partial charge is 0.220 e. The van der Waals surface area contributed by atoms with Crippen LogP contribution in [-0.2, 0) is 4.79 Å². The lowest BCUT2D eigenvalue weighted by atomic mass is 10.0. The summed E-state index contributed by atoms with van der Waals surface area (Å²) in [5.41, 5.74) is 0. The molecular weight excluding hydrogens is 313 g/mol. The molecule has 0 aromatic heterocycles. The highest BCUT2D eigenvalue weighted by atomic mass is 127. The fourth-order valence-electron chi connectivity index (χ4n) is 2.35. The quantitative estimate of drug-likeness (QED) is 0.409. The van der Waals surface area contributed by atoms with Crippen LogP contribution in [0.15, 0.2) is 0 Å². The second-order valence-electron chi connectivity index (χ2n) is 4.79. The van der Waals surface area contributed by atoms with E-state index in [1.54, 1.807) is 0 Å². The predicted octanol–water partition coefficient (Wildman–Crippen LogP) is 3.68. The maximum atomic E-state index is 11.5. The summed E-state index contributed by atoms with van der Waals surface area (Å²) in [6.07, 6.45) is 11.0. The molecule has 1 amide bonds. The summed E-state index contributed by atoms with van der Waals surface area (Å²) in [5, 5.41) is 3.02. The fraction of sp³-hybridized carbons (Fsp3) is 0.923. The van der Waals surface area contributed by atoms with Crippen molar-refractivity contribution in [2.45, 2.75) is 57.8 Å². The van der Waals surface area contributed by atoms with Gasteiger partial charge in [0, 0.05) is 13.0 Å². The van der Waals surface area contributed by atoms with Crippen LogP contribution in [0.4, 0.5) is 0 Å². The van der Waals surface area contributed by atoms with Crippen LogP contribution < -0.4 is 5.32 Å².